The Hall–Kier alpha value is -0.830. The molecule has 0 aromatic heterocycles. The summed E-state index contributed by atoms with van der Waals surface area (Å²) in [7, 11) is 0. The second-order valence-corrected chi connectivity index (χ2v) is 1.56. The van der Waals surface area contributed by atoms with E-state index < -0.39 is 0 Å². The molecule has 0 saturated heterocycles. The van der Waals surface area contributed by atoms with Crippen LogP contribution in [0.15, 0.2) is 23.2 Å². The van der Waals surface area contributed by atoms with Gasteiger partial charge in [0.25, 0.3) is 0 Å². The molecule has 0 amide bonds. The van der Waals surface area contributed by atoms with Crippen molar-refractivity contribution in [3.05, 3.63) is 23.2 Å². The molecule has 0 aromatic carbocycles. The SMILES string of the molecule is N/C=C(Cl)\C=C(/N)O. The first kappa shape index (κ1) is 7.17. The first-order valence-electron chi connectivity index (χ1n) is 1.90. The van der Waals surface area contributed by atoms with E-state index in [0.29, 0.717) is 0 Å². The Morgan fingerprint density at radius 1 is 1.62 bits per heavy atom. The topological polar surface area (TPSA) is 72.3 Å². The zero-order valence-corrected chi connectivity index (χ0v) is 4.89. The van der Waals surface area contributed by atoms with Gasteiger partial charge >= 0.3 is 0 Å². The van der Waals surface area contributed by atoms with Gasteiger partial charge in [-0.05, 0) is 0 Å². The molecule has 0 aliphatic carbocycles. The van der Waals surface area contributed by atoms with Gasteiger partial charge in [0, 0.05) is 12.3 Å². The molecule has 5 N–H and O–H groups in total. The van der Waals surface area contributed by atoms with Crippen LogP contribution in [0.3, 0.4) is 0 Å². The van der Waals surface area contributed by atoms with Gasteiger partial charge in [-0.3, -0.25) is 0 Å². The lowest BCUT2D eigenvalue weighted by Gasteiger charge is -1.85. The van der Waals surface area contributed by atoms with E-state index in [1.54, 1.807) is 0 Å². The van der Waals surface area contributed by atoms with Gasteiger partial charge in [0.05, 0.1) is 5.03 Å². The molecule has 0 atom stereocenters. The summed E-state index contributed by atoms with van der Waals surface area (Å²) in [6.45, 7) is 0. The fraction of sp³-hybridized carbons (Fsp3) is 0. The van der Waals surface area contributed by atoms with Crippen LogP contribution in [0.25, 0.3) is 0 Å². The Kier molecular flexibility index (Phi) is 2.88. The number of rotatable bonds is 1. The van der Waals surface area contributed by atoms with Crippen molar-refractivity contribution in [3.8, 4) is 0 Å². The van der Waals surface area contributed by atoms with Crippen molar-refractivity contribution < 1.29 is 5.11 Å². The lowest BCUT2D eigenvalue weighted by molar-refractivity contribution is 0.405. The lowest BCUT2D eigenvalue weighted by Crippen LogP contribution is -1.94. The van der Waals surface area contributed by atoms with E-state index in [1.165, 1.54) is 0 Å². The van der Waals surface area contributed by atoms with Crippen molar-refractivity contribution >= 4 is 11.6 Å². The van der Waals surface area contributed by atoms with Crippen LogP contribution in [0, 0.1) is 0 Å². The third kappa shape index (κ3) is 3.36. The van der Waals surface area contributed by atoms with Crippen LogP contribution < -0.4 is 11.5 Å². The molecular formula is C4H7ClN2O. The summed E-state index contributed by atoms with van der Waals surface area (Å²) in [5.74, 6) is -0.350. The normalized spacial score (nSPS) is 14.1. The van der Waals surface area contributed by atoms with Crippen LogP contribution in [0.5, 0.6) is 0 Å². The molecule has 0 bridgehead atoms. The first-order chi connectivity index (χ1) is 3.66. The van der Waals surface area contributed by atoms with Crippen molar-refractivity contribution in [1.82, 2.24) is 0 Å². The second-order valence-electron chi connectivity index (χ2n) is 1.12. The van der Waals surface area contributed by atoms with Gasteiger partial charge in [-0.2, -0.15) is 0 Å². The standard InChI is InChI=1S/C4H7ClN2O/c5-3(2-6)1-4(7)8/h1-2,8H,6-7H2/b3-2+,4-1+. The number of aliphatic hydroxyl groups excluding tert-OH is 1. The number of aliphatic hydroxyl groups is 1. The van der Waals surface area contributed by atoms with Crippen LogP contribution in [0.1, 0.15) is 0 Å². The van der Waals surface area contributed by atoms with Crippen molar-refractivity contribution in [3.63, 3.8) is 0 Å². The molecule has 0 fully saturated rings. The Balaban J connectivity index is 3.89. The molecule has 0 unspecified atom stereocenters. The van der Waals surface area contributed by atoms with Gasteiger partial charge in [0.1, 0.15) is 0 Å². The summed E-state index contributed by atoms with van der Waals surface area (Å²) in [6.07, 6.45) is 2.27. The monoisotopic (exact) mass is 134 g/mol. The third-order valence-electron chi connectivity index (χ3n) is 0.445. The molecule has 0 saturated carbocycles. The molecule has 0 aliphatic rings. The second kappa shape index (κ2) is 3.21. The van der Waals surface area contributed by atoms with E-state index in [0.717, 1.165) is 12.3 Å². The minimum absolute atomic E-state index is 0.213. The van der Waals surface area contributed by atoms with Crippen molar-refractivity contribution in [2.45, 2.75) is 0 Å². The smallest absolute Gasteiger partial charge is 0.182 e. The fourth-order valence-electron chi connectivity index (χ4n) is 0.189. The Labute approximate surface area is 52.2 Å². The molecule has 0 aromatic rings. The molecular weight excluding hydrogens is 128 g/mol. The zero-order chi connectivity index (χ0) is 6.57. The molecule has 0 aliphatic heterocycles. The van der Waals surface area contributed by atoms with Gasteiger partial charge in [-0.25, -0.2) is 0 Å². The predicted molar refractivity (Wildman–Crippen MR) is 33.0 cm³/mol. The molecule has 0 heterocycles. The summed E-state index contributed by atoms with van der Waals surface area (Å²) in [4.78, 5) is 0. The Morgan fingerprint density at radius 2 is 2.12 bits per heavy atom. The average molecular weight is 135 g/mol. The third-order valence-corrected chi connectivity index (χ3v) is 0.680. The number of nitrogens with two attached hydrogens (primary N) is 2. The van der Waals surface area contributed by atoms with Crippen LogP contribution >= 0.6 is 11.6 Å². The van der Waals surface area contributed by atoms with Crippen LogP contribution in [-0.4, -0.2) is 5.11 Å². The number of hydrogen-bond acceptors (Lipinski definition) is 3. The van der Waals surface area contributed by atoms with Gasteiger partial charge in [-0.15, -0.1) is 0 Å². The summed E-state index contributed by atoms with van der Waals surface area (Å²) in [5.41, 5.74) is 9.72. The number of halogens is 1. The molecule has 0 radical (unpaired) electrons. The number of allylic oxidation sites excluding steroid dienone is 2. The predicted octanol–water partition coefficient (Wildman–Crippen LogP) is 0.383. The van der Waals surface area contributed by atoms with Crippen LogP contribution in [0.4, 0.5) is 0 Å². The highest BCUT2D eigenvalue weighted by molar-refractivity contribution is 6.31. The molecule has 46 valence electrons. The lowest BCUT2D eigenvalue weighted by atomic mass is 10.5. The van der Waals surface area contributed by atoms with Crippen LogP contribution in [0.2, 0.25) is 0 Å². The fourth-order valence-corrected chi connectivity index (χ4v) is 0.301. The summed E-state index contributed by atoms with van der Waals surface area (Å²) < 4.78 is 0. The Morgan fingerprint density at radius 3 is 2.25 bits per heavy atom. The van der Waals surface area contributed by atoms with Gasteiger partial charge < -0.3 is 16.6 Å². The molecule has 3 nitrogen and oxygen atoms in total. The van der Waals surface area contributed by atoms with E-state index in [-0.39, 0.29) is 10.9 Å². The first-order valence-corrected chi connectivity index (χ1v) is 2.28. The minimum Gasteiger partial charge on any atom is -0.495 e. The van der Waals surface area contributed by atoms with Crippen molar-refractivity contribution in [2.75, 3.05) is 0 Å². The molecule has 0 rings (SSSR count). The maximum atomic E-state index is 8.31. The maximum Gasteiger partial charge on any atom is 0.182 e. The van der Waals surface area contributed by atoms with Gasteiger partial charge in [0.15, 0.2) is 5.88 Å². The van der Waals surface area contributed by atoms with Crippen molar-refractivity contribution in [1.29, 1.82) is 0 Å². The molecule has 0 spiro atoms. The highest BCUT2D eigenvalue weighted by Crippen LogP contribution is 1.99. The van der Waals surface area contributed by atoms with E-state index >= 15 is 0 Å². The summed E-state index contributed by atoms with van der Waals surface area (Å²) >= 11 is 5.28. The highest BCUT2D eigenvalue weighted by atomic mass is 35.5. The van der Waals surface area contributed by atoms with Gasteiger partial charge in [-0.1, -0.05) is 11.6 Å². The maximum absolute atomic E-state index is 8.31. The largest absolute Gasteiger partial charge is 0.495 e. The van der Waals surface area contributed by atoms with E-state index in [9.17, 15) is 0 Å². The quantitative estimate of drug-likeness (QED) is 0.359. The number of hydrogen-bond donors (Lipinski definition) is 3. The zero-order valence-electron chi connectivity index (χ0n) is 4.13. The molecule has 8 heavy (non-hydrogen) atoms. The van der Waals surface area contributed by atoms with E-state index in [2.05, 4.69) is 0 Å². The van der Waals surface area contributed by atoms with E-state index in [4.69, 9.17) is 28.2 Å². The van der Waals surface area contributed by atoms with E-state index in [1.807, 2.05) is 0 Å². The highest BCUT2D eigenvalue weighted by Gasteiger charge is 1.83. The van der Waals surface area contributed by atoms with Crippen LogP contribution in [-0.2, 0) is 0 Å². The Bertz CT molecular complexity index is 126. The summed E-state index contributed by atoms with van der Waals surface area (Å²) in [5, 5.41) is 8.52. The summed E-state index contributed by atoms with van der Waals surface area (Å²) in [6, 6.07) is 0. The van der Waals surface area contributed by atoms with Crippen molar-refractivity contribution in [2.24, 2.45) is 11.5 Å². The molecule has 4 heteroatoms. The van der Waals surface area contributed by atoms with Gasteiger partial charge in [0.2, 0.25) is 0 Å². The average Bonchev–Trinajstić information content (AvgIpc) is 1.65. The minimum atomic E-state index is -0.350.